The van der Waals surface area contributed by atoms with Gasteiger partial charge in [0.1, 0.15) is 6.61 Å². The third-order valence-corrected chi connectivity index (χ3v) is 4.79. The third-order valence-electron chi connectivity index (χ3n) is 4.54. The Kier molecular flexibility index (Phi) is 6.76. The Bertz CT molecular complexity index is 1050. The molecule has 0 bridgehead atoms. The topological polar surface area (TPSA) is 120 Å². The zero-order valence-electron chi connectivity index (χ0n) is 16.8. The fourth-order valence-electron chi connectivity index (χ4n) is 3.12. The monoisotopic (exact) mass is 445 g/mol. The van der Waals surface area contributed by atoms with Gasteiger partial charge < -0.3 is 20.1 Å². The first-order valence-corrected chi connectivity index (χ1v) is 9.79. The lowest BCUT2D eigenvalue weighted by molar-refractivity contribution is -0.385. The minimum Gasteiger partial charge on any atom is -0.480 e. The lowest BCUT2D eigenvalue weighted by atomic mass is 9.95. The van der Waals surface area contributed by atoms with Gasteiger partial charge in [0.2, 0.25) is 0 Å². The molecule has 3 rings (SSSR count). The van der Waals surface area contributed by atoms with E-state index >= 15 is 0 Å². The molecule has 0 saturated carbocycles. The number of hydrogen-bond acceptors (Lipinski definition) is 6. The van der Waals surface area contributed by atoms with Crippen LogP contribution in [0.4, 0.5) is 10.5 Å². The van der Waals surface area contributed by atoms with E-state index in [2.05, 4.69) is 10.6 Å². The number of halogens is 1. The molecule has 162 valence electrons. The van der Waals surface area contributed by atoms with Gasteiger partial charge in [-0.15, -0.1) is 0 Å². The van der Waals surface area contributed by atoms with Crippen molar-refractivity contribution in [3.05, 3.63) is 80.0 Å². The highest BCUT2D eigenvalue weighted by molar-refractivity contribution is 6.30. The molecule has 1 atom stereocenters. The maximum absolute atomic E-state index is 12.7. The molecule has 9 nitrogen and oxygen atoms in total. The minimum atomic E-state index is -0.809. The van der Waals surface area contributed by atoms with Crippen LogP contribution >= 0.6 is 11.6 Å². The molecule has 0 fully saturated rings. The van der Waals surface area contributed by atoms with Crippen LogP contribution in [0.2, 0.25) is 5.02 Å². The number of ether oxygens (including phenoxy) is 2. The molecule has 1 unspecified atom stereocenters. The van der Waals surface area contributed by atoms with Crippen molar-refractivity contribution in [2.24, 2.45) is 0 Å². The largest absolute Gasteiger partial charge is 0.480 e. The standard InChI is InChI=1S/C21H20ClN3O6/c1-3-30-20(26)18-15(11-31-17-10-12(2)4-9-16(17)25(28)29)23-21(27)24-19(18)13-5-7-14(22)8-6-13/h4-10,19H,3,11H2,1-2H3,(H2,23,24,27). The quantitative estimate of drug-likeness (QED) is 0.380. The van der Waals surface area contributed by atoms with Crippen LogP contribution in [0.25, 0.3) is 0 Å². The Balaban J connectivity index is 2.01. The first-order valence-electron chi connectivity index (χ1n) is 9.41. The number of aryl methyl sites for hydroxylation is 1. The van der Waals surface area contributed by atoms with Gasteiger partial charge in [-0.3, -0.25) is 10.1 Å². The van der Waals surface area contributed by atoms with E-state index in [1.165, 1.54) is 12.1 Å². The number of nitro groups is 1. The summed E-state index contributed by atoms with van der Waals surface area (Å²) in [4.78, 5) is 35.8. The number of carbonyl (C=O) groups excluding carboxylic acids is 2. The van der Waals surface area contributed by atoms with Gasteiger partial charge in [-0.1, -0.05) is 29.8 Å². The lowest BCUT2D eigenvalue weighted by Gasteiger charge is -2.29. The maximum Gasteiger partial charge on any atom is 0.338 e. The number of esters is 1. The van der Waals surface area contributed by atoms with E-state index in [4.69, 9.17) is 21.1 Å². The predicted molar refractivity (Wildman–Crippen MR) is 113 cm³/mol. The van der Waals surface area contributed by atoms with Crippen molar-refractivity contribution in [2.75, 3.05) is 13.2 Å². The highest BCUT2D eigenvalue weighted by Gasteiger charge is 2.34. The fraction of sp³-hybridized carbons (Fsp3) is 0.238. The number of nitro benzene ring substituents is 1. The van der Waals surface area contributed by atoms with Gasteiger partial charge in [0.05, 0.1) is 28.8 Å². The number of rotatable bonds is 7. The Morgan fingerprint density at radius 3 is 2.58 bits per heavy atom. The van der Waals surface area contributed by atoms with Crippen LogP contribution in [0.1, 0.15) is 24.1 Å². The smallest absolute Gasteiger partial charge is 0.338 e. The van der Waals surface area contributed by atoms with Crippen LogP contribution in [0.3, 0.4) is 0 Å². The van der Waals surface area contributed by atoms with E-state index in [1.54, 1.807) is 44.2 Å². The minimum absolute atomic E-state index is 0.0246. The second-order valence-corrected chi connectivity index (χ2v) is 7.15. The molecule has 0 radical (unpaired) electrons. The molecule has 0 aromatic heterocycles. The fourth-order valence-corrected chi connectivity index (χ4v) is 3.25. The van der Waals surface area contributed by atoms with E-state index in [1.807, 2.05) is 0 Å². The van der Waals surface area contributed by atoms with Crippen molar-refractivity contribution < 1.29 is 24.0 Å². The molecular formula is C21H20ClN3O6. The second-order valence-electron chi connectivity index (χ2n) is 6.71. The number of urea groups is 1. The van der Waals surface area contributed by atoms with E-state index in [0.717, 1.165) is 5.56 Å². The van der Waals surface area contributed by atoms with Gasteiger partial charge in [0.25, 0.3) is 0 Å². The molecule has 2 N–H and O–H groups in total. The van der Waals surface area contributed by atoms with Crippen LogP contribution < -0.4 is 15.4 Å². The van der Waals surface area contributed by atoms with Gasteiger partial charge >= 0.3 is 17.7 Å². The van der Waals surface area contributed by atoms with Crippen LogP contribution in [-0.2, 0) is 9.53 Å². The zero-order chi connectivity index (χ0) is 22.5. The van der Waals surface area contributed by atoms with E-state index in [9.17, 15) is 19.7 Å². The molecule has 31 heavy (non-hydrogen) atoms. The average molecular weight is 446 g/mol. The summed E-state index contributed by atoms with van der Waals surface area (Å²) in [6, 6.07) is 9.73. The molecule has 0 aliphatic carbocycles. The van der Waals surface area contributed by atoms with Crippen LogP contribution in [0, 0.1) is 17.0 Å². The molecule has 1 aliphatic rings. The van der Waals surface area contributed by atoms with Crippen LogP contribution in [0.15, 0.2) is 53.7 Å². The summed E-state index contributed by atoms with van der Waals surface area (Å²) in [5, 5.41) is 17.1. The molecule has 10 heteroatoms. The zero-order valence-corrected chi connectivity index (χ0v) is 17.6. The number of hydrogen-bond donors (Lipinski definition) is 2. The SMILES string of the molecule is CCOC(=O)C1=C(COc2cc(C)ccc2[N+](=O)[O-])NC(=O)NC1c1ccc(Cl)cc1. The number of nitrogens with one attached hydrogen (secondary N) is 2. The Morgan fingerprint density at radius 2 is 1.94 bits per heavy atom. The van der Waals surface area contributed by atoms with E-state index in [-0.39, 0.29) is 35.9 Å². The van der Waals surface area contributed by atoms with Gasteiger partial charge in [0.15, 0.2) is 5.75 Å². The summed E-state index contributed by atoms with van der Waals surface area (Å²) in [6.45, 7) is 3.27. The van der Waals surface area contributed by atoms with Gasteiger partial charge in [-0.25, -0.2) is 9.59 Å². The molecule has 0 spiro atoms. The van der Waals surface area contributed by atoms with Gasteiger partial charge in [0, 0.05) is 11.1 Å². The molecular weight excluding hydrogens is 426 g/mol. The van der Waals surface area contributed by atoms with Crippen molar-refractivity contribution in [3.8, 4) is 5.75 Å². The van der Waals surface area contributed by atoms with Crippen LogP contribution in [-0.4, -0.2) is 30.1 Å². The summed E-state index contributed by atoms with van der Waals surface area (Å²) < 4.78 is 10.8. The molecule has 2 amide bonds. The molecule has 2 aromatic rings. The lowest BCUT2D eigenvalue weighted by Crippen LogP contribution is -2.47. The predicted octanol–water partition coefficient (Wildman–Crippen LogP) is 3.81. The average Bonchev–Trinajstić information content (AvgIpc) is 2.72. The Labute approximate surface area is 183 Å². The summed E-state index contributed by atoms with van der Waals surface area (Å²) in [5.74, 6) is -0.621. The van der Waals surface area contributed by atoms with E-state index < -0.39 is 23.0 Å². The first kappa shape index (κ1) is 22.1. The van der Waals surface area contributed by atoms with E-state index in [0.29, 0.717) is 10.6 Å². The van der Waals surface area contributed by atoms with Crippen molar-refractivity contribution in [1.82, 2.24) is 10.6 Å². The van der Waals surface area contributed by atoms with Gasteiger partial charge in [-0.2, -0.15) is 0 Å². The van der Waals surface area contributed by atoms with Gasteiger partial charge in [-0.05, 0) is 43.2 Å². The number of amides is 2. The third kappa shape index (κ3) is 5.13. The number of nitrogens with zero attached hydrogens (tertiary/aromatic N) is 1. The molecule has 1 heterocycles. The van der Waals surface area contributed by atoms with Crippen molar-refractivity contribution >= 4 is 29.3 Å². The second kappa shape index (κ2) is 9.48. The highest BCUT2D eigenvalue weighted by Crippen LogP contribution is 2.31. The highest BCUT2D eigenvalue weighted by atomic mass is 35.5. The maximum atomic E-state index is 12.7. The number of carbonyl (C=O) groups is 2. The Hall–Kier alpha value is -3.59. The Morgan fingerprint density at radius 1 is 1.23 bits per heavy atom. The molecule has 0 saturated heterocycles. The summed E-state index contributed by atoms with van der Waals surface area (Å²) >= 11 is 5.95. The van der Waals surface area contributed by atoms with Crippen molar-refractivity contribution in [2.45, 2.75) is 19.9 Å². The summed E-state index contributed by atoms with van der Waals surface area (Å²) in [6.07, 6.45) is 0. The normalized spacial score (nSPS) is 15.7. The summed E-state index contributed by atoms with van der Waals surface area (Å²) in [5.41, 5.74) is 1.44. The van der Waals surface area contributed by atoms with Crippen molar-refractivity contribution in [3.63, 3.8) is 0 Å². The van der Waals surface area contributed by atoms with Crippen LogP contribution in [0.5, 0.6) is 5.75 Å². The molecule has 2 aromatic carbocycles. The summed E-state index contributed by atoms with van der Waals surface area (Å²) in [7, 11) is 0. The van der Waals surface area contributed by atoms with Crippen molar-refractivity contribution in [1.29, 1.82) is 0 Å². The first-order chi connectivity index (χ1) is 14.8. The molecule has 1 aliphatic heterocycles. The number of benzene rings is 2.